The lowest BCUT2D eigenvalue weighted by Gasteiger charge is -2.07. The first-order chi connectivity index (χ1) is 7.58. The largest absolute Gasteiger partial charge is 0.382 e. The van der Waals surface area contributed by atoms with Crippen LogP contribution in [0.4, 0.5) is 0 Å². The number of amidine groups is 1. The predicted octanol–water partition coefficient (Wildman–Crippen LogP) is 0.607. The van der Waals surface area contributed by atoms with Gasteiger partial charge in [-0.05, 0) is 12.3 Å². The Hall–Kier alpha value is -1.98. The number of nitrogens with zero attached hydrogens (tertiary/aromatic N) is 4. The van der Waals surface area contributed by atoms with Crippen LogP contribution < -0.4 is 5.73 Å². The molecule has 0 atom stereocenters. The average molecular weight is 218 g/mol. The van der Waals surface area contributed by atoms with Gasteiger partial charge in [0.25, 0.3) is 0 Å². The molecule has 2 aromatic heterocycles. The molecule has 0 fully saturated rings. The number of nitrogen functional groups attached to an aromatic ring is 1. The number of hydrogen-bond donors (Lipinski definition) is 2. The third-order valence-corrected chi connectivity index (χ3v) is 2.21. The summed E-state index contributed by atoms with van der Waals surface area (Å²) in [5.74, 6) is 0.414. The van der Waals surface area contributed by atoms with Crippen LogP contribution in [0.2, 0.25) is 0 Å². The Labute approximate surface area is 93.0 Å². The SMILES string of the molecule is CC(C)Cc1nc(C(=N)N)cn2ncnc12. The zero-order chi connectivity index (χ0) is 11.7. The van der Waals surface area contributed by atoms with E-state index in [2.05, 4.69) is 28.9 Å². The summed E-state index contributed by atoms with van der Waals surface area (Å²) in [4.78, 5) is 8.49. The summed E-state index contributed by atoms with van der Waals surface area (Å²) in [5, 5.41) is 11.4. The minimum absolute atomic E-state index is 0.0533. The molecule has 0 aliphatic heterocycles. The first-order valence-electron chi connectivity index (χ1n) is 5.11. The third kappa shape index (κ3) is 1.86. The average Bonchev–Trinajstić information content (AvgIpc) is 2.64. The van der Waals surface area contributed by atoms with Gasteiger partial charge in [0.1, 0.15) is 17.9 Å². The summed E-state index contributed by atoms with van der Waals surface area (Å²) in [5.41, 5.74) is 7.44. The van der Waals surface area contributed by atoms with E-state index in [1.807, 2.05) is 0 Å². The monoisotopic (exact) mass is 218 g/mol. The normalized spacial score (nSPS) is 11.2. The van der Waals surface area contributed by atoms with Crippen molar-refractivity contribution in [2.45, 2.75) is 20.3 Å². The van der Waals surface area contributed by atoms with E-state index in [0.717, 1.165) is 17.8 Å². The quantitative estimate of drug-likeness (QED) is 0.583. The van der Waals surface area contributed by atoms with Gasteiger partial charge in [0, 0.05) is 0 Å². The Morgan fingerprint density at radius 2 is 2.31 bits per heavy atom. The highest BCUT2D eigenvalue weighted by Crippen LogP contribution is 2.11. The van der Waals surface area contributed by atoms with Crippen molar-refractivity contribution in [3.05, 3.63) is 23.9 Å². The van der Waals surface area contributed by atoms with Gasteiger partial charge in [-0.2, -0.15) is 5.10 Å². The molecule has 6 heteroatoms. The summed E-state index contributed by atoms with van der Waals surface area (Å²) in [6, 6.07) is 0. The second-order valence-corrected chi connectivity index (χ2v) is 4.11. The van der Waals surface area contributed by atoms with Gasteiger partial charge in [0.05, 0.1) is 11.9 Å². The summed E-state index contributed by atoms with van der Waals surface area (Å²) < 4.78 is 1.61. The lowest BCUT2D eigenvalue weighted by atomic mass is 10.1. The first kappa shape index (κ1) is 10.5. The molecule has 84 valence electrons. The van der Waals surface area contributed by atoms with Crippen LogP contribution in [0.1, 0.15) is 25.2 Å². The zero-order valence-corrected chi connectivity index (χ0v) is 9.31. The van der Waals surface area contributed by atoms with Crippen molar-refractivity contribution in [3.8, 4) is 0 Å². The number of nitrogens with two attached hydrogens (primary N) is 1. The Kier molecular flexibility index (Phi) is 2.55. The highest BCUT2D eigenvalue weighted by Gasteiger charge is 2.11. The fourth-order valence-electron chi connectivity index (χ4n) is 1.54. The standard InChI is InChI=1S/C10H14N6/c1-6(2)3-7-10-13-5-14-16(10)4-8(15-7)9(11)12/h4-6H,3H2,1-2H3,(H3,11,12). The van der Waals surface area contributed by atoms with E-state index in [4.69, 9.17) is 11.1 Å². The van der Waals surface area contributed by atoms with Crippen LogP contribution in [-0.4, -0.2) is 25.4 Å². The van der Waals surface area contributed by atoms with Gasteiger partial charge < -0.3 is 5.73 Å². The van der Waals surface area contributed by atoms with Crippen LogP contribution >= 0.6 is 0 Å². The van der Waals surface area contributed by atoms with Crippen LogP contribution in [-0.2, 0) is 6.42 Å². The van der Waals surface area contributed by atoms with Gasteiger partial charge in [0.15, 0.2) is 5.65 Å². The van der Waals surface area contributed by atoms with Crippen molar-refractivity contribution < 1.29 is 0 Å². The van der Waals surface area contributed by atoms with E-state index in [1.165, 1.54) is 6.33 Å². The van der Waals surface area contributed by atoms with Crippen LogP contribution in [0, 0.1) is 11.3 Å². The van der Waals surface area contributed by atoms with E-state index >= 15 is 0 Å². The maximum atomic E-state index is 7.40. The van der Waals surface area contributed by atoms with Crippen LogP contribution in [0.5, 0.6) is 0 Å². The molecule has 3 N–H and O–H groups in total. The molecule has 2 aromatic rings. The molecule has 0 aliphatic rings. The van der Waals surface area contributed by atoms with Crippen molar-refractivity contribution in [2.75, 3.05) is 0 Å². The van der Waals surface area contributed by atoms with Crippen molar-refractivity contribution in [1.82, 2.24) is 19.6 Å². The first-order valence-corrected chi connectivity index (χ1v) is 5.11. The highest BCUT2D eigenvalue weighted by molar-refractivity contribution is 5.92. The van der Waals surface area contributed by atoms with Crippen LogP contribution in [0.3, 0.4) is 0 Å². The van der Waals surface area contributed by atoms with Crippen molar-refractivity contribution in [2.24, 2.45) is 11.7 Å². The summed E-state index contributed by atoms with van der Waals surface area (Å²) >= 11 is 0. The molecule has 0 unspecified atom stereocenters. The second kappa shape index (κ2) is 3.88. The maximum Gasteiger partial charge on any atom is 0.176 e. The topological polar surface area (TPSA) is 93.0 Å². The molecular weight excluding hydrogens is 204 g/mol. The van der Waals surface area contributed by atoms with Gasteiger partial charge in [-0.15, -0.1) is 0 Å². The van der Waals surface area contributed by atoms with Gasteiger partial charge in [0.2, 0.25) is 0 Å². The Balaban J connectivity index is 2.59. The van der Waals surface area contributed by atoms with Crippen LogP contribution in [0.25, 0.3) is 5.65 Å². The molecule has 0 saturated carbocycles. The predicted molar refractivity (Wildman–Crippen MR) is 60.3 cm³/mol. The van der Waals surface area contributed by atoms with E-state index in [-0.39, 0.29) is 5.84 Å². The summed E-state index contributed by atoms with van der Waals surface area (Å²) in [6.45, 7) is 4.21. The van der Waals surface area contributed by atoms with Crippen molar-refractivity contribution >= 4 is 11.5 Å². The summed E-state index contributed by atoms with van der Waals surface area (Å²) in [6.07, 6.45) is 3.89. The van der Waals surface area contributed by atoms with Gasteiger partial charge in [-0.1, -0.05) is 13.8 Å². The Bertz CT molecular complexity index is 527. The molecular formula is C10H14N6. The van der Waals surface area contributed by atoms with Gasteiger partial charge >= 0.3 is 0 Å². The van der Waals surface area contributed by atoms with E-state index in [9.17, 15) is 0 Å². The molecule has 6 nitrogen and oxygen atoms in total. The van der Waals surface area contributed by atoms with E-state index < -0.39 is 0 Å². The maximum absolute atomic E-state index is 7.40. The number of fused-ring (bicyclic) bond motifs is 1. The molecule has 0 aromatic carbocycles. The molecule has 0 saturated heterocycles. The Morgan fingerprint density at radius 1 is 1.56 bits per heavy atom. The smallest absolute Gasteiger partial charge is 0.176 e. The van der Waals surface area contributed by atoms with E-state index in [0.29, 0.717) is 11.6 Å². The number of nitrogens with one attached hydrogen (secondary N) is 1. The van der Waals surface area contributed by atoms with Gasteiger partial charge in [-0.25, -0.2) is 14.5 Å². The second-order valence-electron chi connectivity index (χ2n) is 4.11. The zero-order valence-electron chi connectivity index (χ0n) is 9.31. The minimum atomic E-state index is -0.0533. The lowest BCUT2D eigenvalue weighted by Crippen LogP contribution is -2.16. The number of aromatic nitrogens is 4. The minimum Gasteiger partial charge on any atom is -0.382 e. The molecule has 0 radical (unpaired) electrons. The molecule has 0 aliphatic carbocycles. The van der Waals surface area contributed by atoms with Crippen molar-refractivity contribution in [3.63, 3.8) is 0 Å². The van der Waals surface area contributed by atoms with Crippen molar-refractivity contribution in [1.29, 1.82) is 5.41 Å². The van der Waals surface area contributed by atoms with E-state index in [1.54, 1.807) is 10.7 Å². The van der Waals surface area contributed by atoms with Crippen LogP contribution in [0.15, 0.2) is 12.5 Å². The molecule has 16 heavy (non-hydrogen) atoms. The number of hydrogen-bond acceptors (Lipinski definition) is 4. The molecule has 2 heterocycles. The molecule has 0 amide bonds. The Morgan fingerprint density at radius 3 is 2.94 bits per heavy atom. The molecule has 0 bridgehead atoms. The molecule has 2 rings (SSSR count). The third-order valence-electron chi connectivity index (χ3n) is 2.21. The fourth-order valence-corrected chi connectivity index (χ4v) is 1.54. The number of rotatable bonds is 3. The highest BCUT2D eigenvalue weighted by atomic mass is 15.3. The van der Waals surface area contributed by atoms with Gasteiger partial charge in [-0.3, -0.25) is 5.41 Å². The summed E-state index contributed by atoms with van der Waals surface area (Å²) in [7, 11) is 0. The molecule has 0 spiro atoms. The fraction of sp³-hybridized carbons (Fsp3) is 0.400. The lowest BCUT2D eigenvalue weighted by molar-refractivity contribution is 0.634.